The normalized spacial score (nSPS) is 11.4. The molecule has 0 saturated heterocycles. The van der Waals surface area contributed by atoms with Crippen molar-refractivity contribution < 1.29 is 19.1 Å². The molecule has 0 atom stereocenters. The van der Waals surface area contributed by atoms with Gasteiger partial charge in [-0.3, -0.25) is 4.79 Å². The first-order valence-corrected chi connectivity index (χ1v) is 8.40. The molecule has 1 aromatic carbocycles. The average Bonchev–Trinajstić information content (AvgIpc) is 2.98. The molecular weight excluding hydrogens is 318 g/mol. The molecule has 1 amide bonds. The molecule has 1 heterocycles. The van der Waals surface area contributed by atoms with Gasteiger partial charge in [0, 0.05) is 25.6 Å². The van der Waals surface area contributed by atoms with E-state index in [9.17, 15) is 14.7 Å². The van der Waals surface area contributed by atoms with E-state index < -0.39 is 5.97 Å². The van der Waals surface area contributed by atoms with Gasteiger partial charge in [0.15, 0.2) is 5.76 Å². The van der Waals surface area contributed by atoms with Crippen molar-refractivity contribution in [3.63, 3.8) is 0 Å². The zero-order valence-electron chi connectivity index (χ0n) is 15.2. The van der Waals surface area contributed by atoms with E-state index in [1.54, 1.807) is 11.8 Å². The van der Waals surface area contributed by atoms with E-state index in [2.05, 4.69) is 20.8 Å². The van der Waals surface area contributed by atoms with Crippen LogP contribution in [-0.4, -0.2) is 28.4 Å². The third kappa shape index (κ3) is 4.95. The molecule has 0 radical (unpaired) electrons. The SMILES string of the molecule is CCc1oc(C(=O)N(Cc2ccccc2)CC(C)(C)C)cc1C(=O)O. The van der Waals surface area contributed by atoms with E-state index in [-0.39, 0.29) is 22.6 Å². The fourth-order valence-electron chi connectivity index (χ4n) is 2.71. The number of carbonyl (C=O) groups is 2. The van der Waals surface area contributed by atoms with Gasteiger partial charge >= 0.3 is 5.97 Å². The maximum atomic E-state index is 13.0. The van der Waals surface area contributed by atoms with E-state index >= 15 is 0 Å². The number of carboxylic acid groups (broad SMARTS) is 1. The quantitative estimate of drug-likeness (QED) is 0.852. The summed E-state index contributed by atoms with van der Waals surface area (Å²) >= 11 is 0. The van der Waals surface area contributed by atoms with Crippen LogP contribution in [0.5, 0.6) is 0 Å². The number of hydrogen-bond acceptors (Lipinski definition) is 3. The summed E-state index contributed by atoms with van der Waals surface area (Å²) in [5.74, 6) is -0.966. The molecule has 2 aromatic rings. The second-order valence-electron chi connectivity index (χ2n) is 7.31. The number of carboxylic acids is 1. The maximum Gasteiger partial charge on any atom is 0.339 e. The van der Waals surface area contributed by atoms with Gasteiger partial charge in [0.25, 0.3) is 5.91 Å². The number of carbonyl (C=O) groups excluding carboxylic acids is 1. The molecule has 0 unspecified atom stereocenters. The Morgan fingerprint density at radius 3 is 2.28 bits per heavy atom. The average molecular weight is 343 g/mol. The minimum Gasteiger partial charge on any atom is -0.478 e. The van der Waals surface area contributed by atoms with Gasteiger partial charge in [-0.2, -0.15) is 0 Å². The molecule has 0 saturated carbocycles. The first kappa shape index (κ1) is 18.8. The van der Waals surface area contributed by atoms with E-state index in [4.69, 9.17) is 4.42 Å². The Morgan fingerprint density at radius 2 is 1.80 bits per heavy atom. The van der Waals surface area contributed by atoms with Crippen LogP contribution in [0.15, 0.2) is 40.8 Å². The summed E-state index contributed by atoms with van der Waals surface area (Å²) in [5, 5.41) is 9.27. The fraction of sp³-hybridized carbons (Fsp3) is 0.400. The van der Waals surface area contributed by atoms with Crippen LogP contribution in [-0.2, 0) is 13.0 Å². The maximum absolute atomic E-state index is 13.0. The Kier molecular flexibility index (Phi) is 5.67. The number of benzene rings is 1. The molecule has 0 bridgehead atoms. The lowest BCUT2D eigenvalue weighted by atomic mass is 9.95. The number of furan rings is 1. The highest BCUT2D eigenvalue weighted by molar-refractivity contribution is 5.96. The monoisotopic (exact) mass is 343 g/mol. The highest BCUT2D eigenvalue weighted by atomic mass is 16.4. The van der Waals surface area contributed by atoms with Crippen LogP contribution in [0.1, 0.15) is 59.9 Å². The Balaban J connectivity index is 2.33. The van der Waals surface area contributed by atoms with Crippen LogP contribution in [0.3, 0.4) is 0 Å². The number of aryl methyl sites for hydroxylation is 1. The van der Waals surface area contributed by atoms with Crippen LogP contribution < -0.4 is 0 Å². The smallest absolute Gasteiger partial charge is 0.339 e. The van der Waals surface area contributed by atoms with Gasteiger partial charge in [-0.15, -0.1) is 0 Å². The van der Waals surface area contributed by atoms with Crippen LogP contribution in [0.25, 0.3) is 0 Å². The van der Waals surface area contributed by atoms with Gasteiger partial charge < -0.3 is 14.4 Å². The summed E-state index contributed by atoms with van der Waals surface area (Å²) in [5.41, 5.74) is 0.974. The zero-order valence-corrected chi connectivity index (χ0v) is 15.2. The summed E-state index contributed by atoms with van der Waals surface area (Å²) in [7, 11) is 0. The molecule has 25 heavy (non-hydrogen) atoms. The molecule has 0 aliphatic rings. The highest BCUT2D eigenvalue weighted by Crippen LogP contribution is 2.22. The van der Waals surface area contributed by atoms with Crippen LogP contribution in [0, 0.1) is 5.41 Å². The van der Waals surface area contributed by atoms with Gasteiger partial charge in [-0.1, -0.05) is 58.0 Å². The molecule has 0 aliphatic carbocycles. The van der Waals surface area contributed by atoms with E-state index in [0.717, 1.165) is 5.56 Å². The number of aromatic carboxylic acids is 1. The molecular formula is C20H25NO4. The van der Waals surface area contributed by atoms with Gasteiger partial charge in [0.2, 0.25) is 0 Å². The first-order valence-electron chi connectivity index (χ1n) is 8.40. The number of rotatable bonds is 6. The molecule has 0 spiro atoms. The number of amides is 1. The van der Waals surface area contributed by atoms with Gasteiger partial charge in [-0.25, -0.2) is 4.79 Å². The summed E-state index contributed by atoms with van der Waals surface area (Å²) in [6.45, 7) is 8.95. The standard InChI is InChI=1S/C20H25NO4/c1-5-16-15(19(23)24)11-17(25-16)18(22)21(13-20(2,3)4)12-14-9-7-6-8-10-14/h6-11H,5,12-13H2,1-4H3,(H,23,24). The Morgan fingerprint density at radius 1 is 1.16 bits per heavy atom. The molecule has 1 N–H and O–H groups in total. The summed E-state index contributed by atoms with van der Waals surface area (Å²) < 4.78 is 5.55. The van der Waals surface area contributed by atoms with Gasteiger partial charge in [0.1, 0.15) is 11.3 Å². The highest BCUT2D eigenvalue weighted by Gasteiger charge is 2.27. The lowest BCUT2D eigenvalue weighted by Gasteiger charge is -2.29. The molecule has 134 valence electrons. The van der Waals surface area contributed by atoms with Crippen molar-refractivity contribution in [1.29, 1.82) is 0 Å². The second kappa shape index (κ2) is 7.55. The minimum atomic E-state index is -1.08. The van der Waals surface area contributed by atoms with E-state index in [1.807, 2.05) is 30.3 Å². The van der Waals surface area contributed by atoms with Crippen LogP contribution in [0.4, 0.5) is 0 Å². The molecule has 1 aromatic heterocycles. The van der Waals surface area contributed by atoms with Crippen molar-refractivity contribution in [1.82, 2.24) is 4.90 Å². The number of hydrogen-bond donors (Lipinski definition) is 1. The third-order valence-electron chi connectivity index (χ3n) is 3.74. The lowest BCUT2D eigenvalue weighted by molar-refractivity contribution is 0.0644. The predicted molar refractivity (Wildman–Crippen MR) is 95.7 cm³/mol. The Labute approximate surface area is 148 Å². The largest absolute Gasteiger partial charge is 0.478 e. The van der Waals surface area contributed by atoms with Gasteiger partial charge in [-0.05, 0) is 11.0 Å². The van der Waals surface area contributed by atoms with Crippen molar-refractivity contribution in [3.8, 4) is 0 Å². The van der Waals surface area contributed by atoms with Gasteiger partial charge in [0.05, 0.1) is 0 Å². The number of nitrogens with zero attached hydrogens (tertiary/aromatic N) is 1. The Hall–Kier alpha value is -2.56. The third-order valence-corrected chi connectivity index (χ3v) is 3.74. The summed E-state index contributed by atoms with van der Waals surface area (Å²) in [6, 6.07) is 11.1. The van der Waals surface area contributed by atoms with Crippen molar-refractivity contribution in [2.45, 2.75) is 40.7 Å². The van der Waals surface area contributed by atoms with E-state index in [0.29, 0.717) is 25.3 Å². The summed E-state index contributed by atoms with van der Waals surface area (Å²) in [4.78, 5) is 26.0. The minimum absolute atomic E-state index is 0.0567. The lowest BCUT2D eigenvalue weighted by Crippen LogP contribution is -2.37. The van der Waals surface area contributed by atoms with Crippen molar-refractivity contribution >= 4 is 11.9 Å². The van der Waals surface area contributed by atoms with Crippen molar-refractivity contribution in [3.05, 3.63) is 59.0 Å². The molecule has 5 nitrogen and oxygen atoms in total. The Bertz CT molecular complexity index is 741. The van der Waals surface area contributed by atoms with E-state index in [1.165, 1.54) is 6.07 Å². The second-order valence-corrected chi connectivity index (χ2v) is 7.31. The first-order chi connectivity index (χ1) is 11.7. The molecule has 5 heteroatoms. The van der Waals surface area contributed by atoms with Crippen molar-refractivity contribution in [2.75, 3.05) is 6.54 Å². The summed E-state index contributed by atoms with van der Waals surface area (Å²) in [6.07, 6.45) is 0.423. The van der Waals surface area contributed by atoms with Crippen LogP contribution >= 0.6 is 0 Å². The van der Waals surface area contributed by atoms with Crippen LogP contribution in [0.2, 0.25) is 0 Å². The molecule has 0 fully saturated rings. The van der Waals surface area contributed by atoms with Crippen molar-refractivity contribution in [2.24, 2.45) is 5.41 Å². The zero-order chi connectivity index (χ0) is 18.6. The molecule has 0 aliphatic heterocycles. The predicted octanol–water partition coefficient (Wildman–Crippen LogP) is 4.23. The topological polar surface area (TPSA) is 70.8 Å². The fourth-order valence-corrected chi connectivity index (χ4v) is 2.71. The molecule has 2 rings (SSSR count).